The van der Waals surface area contributed by atoms with Crippen molar-refractivity contribution in [1.82, 2.24) is 5.32 Å². The Balaban J connectivity index is 2.55. The fraction of sp³-hybridized carbons (Fsp3) is 0.462. The number of carbonyl (C=O) groups excluding carboxylic acids is 1. The number of amides is 1. The molecule has 0 radical (unpaired) electrons. The summed E-state index contributed by atoms with van der Waals surface area (Å²) < 4.78 is 0. The van der Waals surface area contributed by atoms with Crippen LogP contribution in [0, 0.1) is 5.92 Å². The van der Waals surface area contributed by atoms with E-state index < -0.39 is 0 Å². The number of halogens is 1. The Kier molecular flexibility index (Phi) is 4.81. The quantitative estimate of drug-likeness (QED) is 0.856. The van der Waals surface area contributed by atoms with Crippen molar-refractivity contribution < 1.29 is 4.79 Å². The first-order chi connectivity index (χ1) is 7.49. The lowest BCUT2D eigenvalue weighted by molar-refractivity contribution is 0.0936. The summed E-state index contributed by atoms with van der Waals surface area (Å²) in [4.78, 5) is 11.8. The molecule has 0 aliphatic heterocycles. The molecular weight excluding hydrogens is 222 g/mol. The Bertz CT molecular complexity index is 345. The van der Waals surface area contributed by atoms with Crippen LogP contribution in [0.2, 0.25) is 5.02 Å². The van der Waals surface area contributed by atoms with Crippen molar-refractivity contribution >= 4 is 17.5 Å². The van der Waals surface area contributed by atoms with Gasteiger partial charge in [0.2, 0.25) is 0 Å². The van der Waals surface area contributed by atoms with E-state index in [9.17, 15) is 4.79 Å². The lowest BCUT2D eigenvalue weighted by atomic mass is 10.0. The number of hydrogen-bond donors (Lipinski definition) is 1. The predicted molar refractivity (Wildman–Crippen MR) is 67.8 cm³/mol. The molecule has 1 aromatic carbocycles. The number of nitrogens with one attached hydrogen (secondary N) is 1. The van der Waals surface area contributed by atoms with Crippen LogP contribution < -0.4 is 5.32 Å². The maximum absolute atomic E-state index is 11.8. The van der Waals surface area contributed by atoms with Gasteiger partial charge in [-0.1, -0.05) is 25.4 Å². The van der Waals surface area contributed by atoms with Crippen molar-refractivity contribution in [1.29, 1.82) is 0 Å². The summed E-state index contributed by atoms with van der Waals surface area (Å²) in [5.41, 5.74) is 0.653. The Hall–Kier alpha value is -1.02. The third kappa shape index (κ3) is 4.23. The van der Waals surface area contributed by atoms with E-state index in [1.165, 1.54) is 0 Å². The van der Waals surface area contributed by atoms with E-state index in [1.54, 1.807) is 24.3 Å². The van der Waals surface area contributed by atoms with Gasteiger partial charge in [-0.15, -0.1) is 0 Å². The molecule has 2 nitrogen and oxygen atoms in total. The molecule has 1 atom stereocenters. The van der Waals surface area contributed by atoms with Crippen LogP contribution in [0.4, 0.5) is 0 Å². The number of hydrogen-bond acceptors (Lipinski definition) is 1. The van der Waals surface area contributed by atoms with Crippen LogP contribution in [0.3, 0.4) is 0 Å². The predicted octanol–water partition coefficient (Wildman–Crippen LogP) is 3.50. The Morgan fingerprint density at radius 1 is 1.25 bits per heavy atom. The topological polar surface area (TPSA) is 29.1 Å². The van der Waals surface area contributed by atoms with Gasteiger partial charge in [0.25, 0.3) is 5.91 Å². The molecule has 16 heavy (non-hydrogen) atoms. The molecule has 1 amide bonds. The van der Waals surface area contributed by atoms with Crippen LogP contribution in [-0.4, -0.2) is 11.9 Å². The normalized spacial score (nSPS) is 12.6. The highest BCUT2D eigenvalue weighted by Crippen LogP contribution is 2.10. The number of benzene rings is 1. The second-order valence-corrected chi connectivity index (χ2v) is 4.95. The van der Waals surface area contributed by atoms with E-state index in [2.05, 4.69) is 19.2 Å². The van der Waals surface area contributed by atoms with E-state index in [0.29, 0.717) is 16.5 Å². The molecule has 3 heteroatoms. The summed E-state index contributed by atoms with van der Waals surface area (Å²) in [7, 11) is 0. The van der Waals surface area contributed by atoms with Crippen LogP contribution in [0.1, 0.15) is 37.6 Å². The zero-order chi connectivity index (χ0) is 12.1. The third-order valence-corrected chi connectivity index (χ3v) is 2.56. The summed E-state index contributed by atoms with van der Waals surface area (Å²) in [5.74, 6) is 0.547. The van der Waals surface area contributed by atoms with Crippen LogP contribution in [0.25, 0.3) is 0 Å². The average molecular weight is 240 g/mol. The molecule has 0 aliphatic rings. The maximum Gasteiger partial charge on any atom is 0.251 e. The molecule has 88 valence electrons. The molecule has 0 bridgehead atoms. The highest BCUT2D eigenvalue weighted by molar-refractivity contribution is 6.30. The van der Waals surface area contributed by atoms with E-state index in [-0.39, 0.29) is 11.9 Å². The van der Waals surface area contributed by atoms with Gasteiger partial charge in [-0.3, -0.25) is 4.79 Å². The highest BCUT2D eigenvalue weighted by Gasteiger charge is 2.10. The molecule has 1 aromatic rings. The molecule has 0 spiro atoms. The molecule has 0 saturated heterocycles. The summed E-state index contributed by atoms with van der Waals surface area (Å²) in [6.07, 6.45) is 0.985. The number of carbonyl (C=O) groups is 1. The van der Waals surface area contributed by atoms with Crippen molar-refractivity contribution in [2.75, 3.05) is 0 Å². The third-order valence-electron chi connectivity index (χ3n) is 2.31. The minimum atomic E-state index is -0.0372. The van der Waals surface area contributed by atoms with Crippen LogP contribution >= 0.6 is 11.6 Å². The number of rotatable bonds is 4. The Morgan fingerprint density at radius 2 is 1.81 bits per heavy atom. The Labute approximate surface area is 102 Å². The smallest absolute Gasteiger partial charge is 0.251 e. The summed E-state index contributed by atoms with van der Waals surface area (Å²) in [6, 6.07) is 7.12. The summed E-state index contributed by atoms with van der Waals surface area (Å²) >= 11 is 5.76. The van der Waals surface area contributed by atoms with Crippen LogP contribution in [-0.2, 0) is 0 Å². The van der Waals surface area contributed by atoms with E-state index >= 15 is 0 Å². The monoisotopic (exact) mass is 239 g/mol. The van der Waals surface area contributed by atoms with E-state index in [4.69, 9.17) is 11.6 Å². The largest absolute Gasteiger partial charge is 0.350 e. The SMILES string of the molecule is CC(C)CC(C)NC(=O)c1ccc(Cl)cc1. The zero-order valence-electron chi connectivity index (χ0n) is 9.96. The molecular formula is C13H18ClNO. The van der Waals surface area contributed by atoms with Gasteiger partial charge >= 0.3 is 0 Å². The van der Waals surface area contributed by atoms with Crippen LogP contribution in [0.15, 0.2) is 24.3 Å². The van der Waals surface area contributed by atoms with Crippen molar-refractivity contribution in [2.24, 2.45) is 5.92 Å². The van der Waals surface area contributed by atoms with Crippen molar-refractivity contribution in [3.63, 3.8) is 0 Å². The van der Waals surface area contributed by atoms with Crippen molar-refractivity contribution in [3.8, 4) is 0 Å². The van der Waals surface area contributed by atoms with Gasteiger partial charge in [-0.05, 0) is 43.5 Å². The molecule has 0 saturated carbocycles. The molecule has 0 aliphatic carbocycles. The van der Waals surface area contributed by atoms with Gasteiger partial charge < -0.3 is 5.32 Å². The molecule has 1 unspecified atom stereocenters. The van der Waals surface area contributed by atoms with Crippen LogP contribution in [0.5, 0.6) is 0 Å². The lowest BCUT2D eigenvalue weighted by Crippen LogP contribution is -2.33. The minimum absolute atomic E-state index is 0.0372. The van der Waals surface area contributed by atoms with Gasteiger partial charge in [0.05, 0.1) is 0 Å². The van der Waals surface area contributed by atoms with Gasteiger partial charge in [-0.25, -0.2) is 0 Å². The molecule has 0 fully saturated rings. The molecule has 1 N–H and O–H groups in total. The van der Waals surface area contributed by atoms with Gasteiger partial charge in [0.1, 0.15) is 0 Å². The van der Waals surface area contributed by atoms with Gasteiger partial charge in [0, 0.05) is 16.6 Å². The first-order valence-corrected chi connectivity index (χ1v) is 5.93. The van der Waals surface area contributed by atoms with Crippen molar-refractivity contribution in [2.45, 2.75) is 33.2 Å². The highest BCUT2D eigenvalue weighted by atomic mass is 35.5. The standard InChI is InChI=1S/C13H18ClNO/c1-9(2)8-10(3)15-13(16)11-4-6-12(14)7-5-11/h4-7,9-10H,8H2,1-3H3,(H,15,16). The first-order valence-electron chi connectivity index (χ1n) is 5.55. The fourth-order valence-electron chi connectivity index (χ4n) is 1.67. The first kappa shape index (κ1) is 13.0. The van der Waals surface area contributed by atoms with E-state index in [0.717, 1.165) is 6.42 Å². The second-order valence-electron chi connectivity index (χ2n) is 4.51. The van der Waals surface area contributed by atoms with Crippen molar-refractivity contribution in [3.05, 3.63) is 34.9 Å². The summed E-state index contributed by atoms with van der Waals surface area (Å²) in [5, 5.41) is 3.61. The molecule has 0 heterocycles. The fourth-order valence-corrected chi connectivity index (χ4v) is 1.80. The van der Waals surface area contributed by atoms with E-state index in [1.807, 2.05) is 6.92 Å². The van der Waals surface area contributed by atoms with Gasteiger partial charge in [-0.2, -0.15) is 0 Å². The minimum Gasteiger partial charge on any atom is -0.350 e. The lowest BCUT2D eigenvalue weighted by Gasteiger charge is -2.15. The zero-order valence-corrected chi connectivity index (χ0v) is 10.7. The summed E-state index contributed by atoms with van der Waals surface area (Å²) in [6.45, 7) is 6.31. The molecule has 0 aromatic heterocycles. The molecule has 1 rings (SSSR count). The Morgan fingerprint density at radius 3 is 2.31 bits per heavy atom. The van der Waals surface area contributed by atoms with Gasteiger partial charge in [0.15, 0.2) is 0 Å². The second kappa shape index (κ2) is 5.90. The average Bonchev–Trinajstić information content (AvgIpc) is 2.16. The maximum atomic E-state index is 11.8.